The predicted octanol–water partition coefficient (Wildman–Crippen LogP) is 2.10. The number of hydrogen-bond acceptors (Lipinski definition) is 8. The van der Waals surface area contributed by atoms with E-state index in [1.165, 1.54) is 0 Å². The molecule has 0 aromatic heterocycles. The molecule has 0 atom stereocenters. The first-order valence-corrected chi connectivity index (χ1v) is 9.84. The van der Waals surface area contributed by atoms with Gasteiger partial charge in [0.05, 0.1) is 26.4 Å². The van der Waals surface area contributed by atoms with Crippen LogP contribution in [-0.4, -0.2) is 75.0 Å². The largest absolute Gasteiger partial charge is 0.487 e. The minimum absolute atomic E-state index is 0.268. The van der Waals surface area contributed by atoms with Crippen molar-refractivity contribution in [3.8, 4) is 23.0 Å². The summed E-state index contributed by atoms with van der Waals surface area (Å²) in [5.41, 5.74) is 0. The van der Waals surface area contributed by atoms with Gasteiger partial charge in [0, 0.05) is 0 Å². The van der Waals surface area contributed by atoms with Gasteiger partial charge in [0.25, 0.3) is 0 Å². The van der Waals surface area contributed by atoms with Crippen LogP contribution in [0, 0.1) is 0 Å². The second kappa shape index (κ2) is 14.5. The van der Waals surface area contributed by atoms with Crippen LogP contribution < -0.4 is 18.9 Å². The summed E-state index contributed by atoms with van der Waals surface area (Å²) in [5.74, 6) is -0.536. The van der Waals surface area contributed by atoms with Crippen LogP contribution in [-0.2, 0) is 19.1 Å². The van der Waals surface area contributed by atoms with Crippen molar-refractivity contribution < 1.29 is 48.2 Å². The maximum Gasteiger partial charge on any atom is 0.341 e. The summed E-state index contributed by atoms with van der Waals surface area (Å²) in [5, 5.41) is 17.4. The lowest BCUT2D eigenvalue weighted by atomic mass is 10.3. The van der Waals surface area contributed by atoms with Crippen LogP contribution >= 0.6 is 0 Å². The molecule has 0 heterocycles. The van der Waals surface area contributed by atoms with Crippen molar-refractivity contribution >= 4 is 11.9 Å². The number of hydrogen-bond donors (Lipinski definition) is 2. The molecule has 2 aromatic rings. The maximum atomic E-state index is 10.6. The Morgan fingerprint density at radius 2 is 0.844 bits per heavy atom. The number of carbonyl (C=O) groups is 2. The van der Waals surface area contributed by atoms with Gasteiger partial charge in [0.15, 0.2) is 36.2 Å². The van der Waals surface area contributed by atoms with E-state index in [4.69, 9.17) is 38.6 Å². The third kappa shape index (κ3) is 10.0. The molecule has 0 unspecified atom stereocenters. The summed E-state index contributed by atoms with van der Waals surface area (Å²) in [6, 6.07) is 13.6. The van der Waals surface area contributed by atoms with Gasteiger partial charge in [-0.1, -0.05) is 24.3 Å². The van der Waals surface area contributed by atoms with Crippen molar-refractivity contribution in [3.63, 3.8) is 0 Å². The molecule has 2 rings (SSSR count). The summed E-state index contributed by atoms with van der Waals surface area (Å²) in [4.78, 5) is 21.2. The van der Waals surface area contributed by atoms with Crippen molar-refractivity contribution in [2.45, 2.75) is 0 Å². The average molecular weight is 450 g/mol. The predicted molar refractivity (Wildman–Crippen MR) is 112 cm³/mol. The van der Waals surface area contributed by atoms with Gasteiger partial charge in [0.1, 0.15) is 13.2 Å². The fourth-order valence-corrected chi connectivity index (χ4v) is 2.40. The summed E-state index contributed by atoms with van der Waals surface area (Å²) in [6.07, 6.45) is 0. The summed E-state index contributed by atoms with van der Waals surface area (Å²) in [7, 11) is 0. The second-order valence-electron chi connectivity index (χ2n) is 6.18. The van der Waals surface area contributed by atoms with Crippen LogP contribution in [0.5, 0.6) is 23.0 Å². The van der Waals surface area contributed by atoms with Crippen LogP contribution in [0.2, 0.25) is 0 Å². The summed E-state index contributed by atoms with van der Waals surface area (Å²) < 4.78 is 32.3. The Bertz CT molecular complexity index is 769. The third-order valence-corrected chi connectivity index (χ3v) is 3.74. The lowest BCUT2D eigenvalue weighted by Crippen LogP contribution is -2.14. The van der Waals surface area contributed by atoms with Crippen LogP contribution in [0.15, 0.2) is 48.5 Å². The van der Waals surface area contributed by atoms with Gasteiger partial charge in [-0.2, -0.15) is 0 Å². The quantitative estimate of drug-likeness (QED) is 0.346. The Morgan fingerprint density at radius 3 is 1.19 bits per heavy atom. The lowest BCUT2D eigenvalue weighted by Gasteiger charge is -2.12. The van der Waals surface area contributed by atoms with E-state index < -0.39 is 25.2 Å². The van der Waals surface area contributed by atoms with Crippen LogP contribution in [0.4, 0.5) is 0 Å². The Balaban J connectivity index is 1.53. The highest BCUT2D eigenvalue weighted by atomic mass is 16.6. The number of rotatable bonds is 17. The molecule has 0 aliphatic carbocycles. The number of para-hydroxylation sites is 4. The molecule has 32 heavy (non-hydrogen) atoms. The number of carboxylic acids is 2. The fourth-order valence-electron chi connectivity index (χ4n) is 2.40. The van der Waals surface area contributed by atoms with Crippen molar-refractivity contribution in [3.05, 3.63) is 48.5 Å². The van der Waals surface area contributed by atoms with Crippen LogP contribution in [0.3, 0.4) is 0 Å². The van der Waals surface area contributed by atoms with Crippen molar-refractivity contribution in [1.82, 2.24) is 0 Å². The molecule has 0 aliphatic heterocycles. The zero-order chi connectivity index (χ0) is 23.0. The molecule has 0 saturated heterocycles. The molecule has 0 radical (unpaired) electrons. The molecule has 0 saturated carbocycles. The van der Waals surface area contributed by atoms with Crippen LogP contribution in [0.25, 0.3) is 0 Å². The molecular formula is C22H26O10. The minimum atomic E-state index is -1.07. The molecule has 0 aliphatic rings. The zero-order valence-corrected chi connectivity index (χ0v) is 17.4. The van der Waals surface area contributed by atoms with Gasteiger partial charge < -0.3 is 38.6 Å². The highest BCUT2D eigenvalue weighted by Gasteiger charge is 2.07. The normalized spacial score (nSPS) is 10.4. The number of aliphatic carboxylic acids is 2. The smallest absolute Gasteiger partial charge is 0.341 e. The first-order chi connectivity index (χ1) is 15.6. The van der Waals surface area contributed by atoms with E-state index in [2.05, 4.69) is 0 Å². The van der Waals surface area contributed by atoms with Gasteiger partial charge >= 0.3 is 11.9 Å². The van der Waals surface area contributed by atoms with Gasteiger partial charge in [0.2, 0.25) is 0 Å². The summed E-state index contributed by atoms with van der Waals surface area (Å²) >= 11 is 0. The third-order valence-electron chi connectivity index (χ3n) is 3.74. The van der Waals surface area contributed by atoms with Gasteiger partial charge in [-0.25, -0.2) is 9.59 Å². The average Bonchev–Trinajstić information content (AvgIpc) is 2.78. The van der Waals surface area contributed by atoms with E-state index in [1.807, 2.05) is 0 Å². The molecule has 0 spiro atoms. The van der Waals surface area contributed by atoms with E-state index in [0.29, 0.717) is 49.4 Å². The molecule has 0 fully saturated rings. The lowest BCUT2D eigenvalue weighted by molar-refractivity contribution is -0.140. The molecule has 10 nitrogen and oxygen atoms in total. The van der Waals surface area contributed by atoms with Crippen LogP contribution in [0.1, 0.15) is 0 Å². The first kappa shape index (κ1) is 24.8. The van der Waals surface area contributed by atoms with E-state index in [0.717, 1.165) is 0 Å². The van der Waals surface area contributed by atoms with Crippen molar-refractivity contribution in [1.29, 1.82) is 0 Å². The Kier molecular flexibility index (Phi) is 11.2. The van der Waals surface area contributed by atoms with E-state index in [-0.39, 0.29) is 13.2 Å². The monoisotopic (exact) mass is 450 g/mol. The van der Waals surface area contributed by atoms with Gasteiger partial charge in [-0.3, -0.25) is 0 Å². The highest BCUT2D eigenvalue weighted by Crippen LogP contribution is 2.27. The topological polar surface area (TPSA) is 130 Å². The molecule has 2 N–H and O–H groups in total. The maximum absolute atomic E-state index is 10.6. The number of benzene rings is 2. The van der Waals surface area contributed by atoms with E-state index in [1.54, 1.807) is 48.5 Å². The minimum Gasteiger partial charge on any atom is -0.487 e. The molecule has 0 bridgehead atoms. The van der Waals surface area contributed by atoms with Crippen molar-refractivity contribution in [2.75, 3.05) is 52.9 Å². The SMILES string of the molecule is O=C(O)COc1ccccc1OCCOCCOCCOc1ccccc1OCC(=O)O. The van der Waals surface area contributed by atoms with Crippen molar-refractivity contribution in [2.24, 2.45) is 0 Å². The summed E-state index contributed by atoms with van der Waals surface area (Å²) in [6.45, 7) is 1.01. The number of carboxylic acid groups (broad SMARTS) is 2. The molecule has 174 valence electrons. The molecule has 2 aromatic carbocycles. The highest BCUT2D eigenvalue weighted by molar-refractivity contribution is 5.69. The standard InChI is InChI=1S/C22H26O10/c23-21(24)15-31-19-7-3-1-5-17(19)29-13-11-27-9-10-28-12-14-30-18-6-2-4-8-20(18)32-16-22(25)26/h1-8H,9-16H2,(H,23,24)(H,25,26). The van der Waals surface area contributed by atoms with E-state index in [9.17, 15) is 9.59 Å². The number of ether oxygens (including phenoxy) is 6. The Labute approximate surface area is 185 Å². The zero-order valence-electron chi connectivity index (χ0n) is 17.4. The van der Waals surface area contributed by atoms with Gasteiger partial charge in [-0.05, 0) is 24.3 Å². The Morgan fingerprint density at radius 1 is 0.531 bits per heavy atom. The molecule has 0 amide bonds. The van der Waals surface area contributed by atoms with Gasteiger partial charge in [-0.15, -0.1) is 0 Å². The Hall–Kier alpha value is -3.50. The molecular weight excluding hydrogens is 424 g/mol. The first-order valence-electron chi connectivity index (χ1n) is 9.84. The molecule has 10 heteroatoms. The second-order valence-corrected chi connectivity index (χ2v) is 6.18. The fraction of sp³-hybridized carbons (Fsp3) is 0.364. The van der Waals surface area contributed by atoms with E-state index >= 15 is 0 Å².